The molecule has 5 nitrogen and oxygen atoms in total. The van der Waals surface area contributed by atoms with Crippen molar-refractivity contribution in [2.24, 2.45) is 5.92 Å². The normalized spacial score (nSPS) is 12.7. The molecule has 1 amide bonds. The Bertz CT molecular complexity index is 387. The molecule has 5 heteroatoms. The predicted octanol–water partition coefficient (Wildman–Crippen LogP) is 1.54. The second-order valence-corrected chi connectivity index (χ2v) is 5.29. The summed E-state index contributed by atoms with van der Waals surface area (Å²) < 4.78 is 1.98. The number of carbonyl (C=O) groups is 1. The van der Waals surface area contributed by atoms with E-state index in [1.54, 1.807) is 6.20 Å². The molecule has 1 unspecified atom stereocenters. The standard InChI is InChI=1S/C14H26N4O/c1-5-8-18-13(6-7-17-18)10-15-12(4)14(19)16-9-11(2)3/h6-7,11-12,15H,5,8-10H2,1-4H3,(H,16,19). The number of carbonyl (C=O) groups excluding carboxylic acids is 1. The van der Waals surface area contributed by atoms with Crippen molar-refractivity contribution in [2.75, 3.05) is 6.54 Å². The molecular weight excluding hydrogens is 240 g/mol. The number of nitrogens with one attached hydrogen (secondary N) is 2. The molecule has 0 fully saturated rings. The summed E-state index contributed by atoms with van der Waals surface area (Å²) in [6.45, 7) is 10.5. The molecule has 0 aromatic carbocycles. The van der Waals surface area contributed by atoms with Crippen molar-refractivity contribution < 1.29 is 4.79 Å². The van der Waals surface area contributed by atoms with Crippen LogP contribution in [0.5, 0.6) is 0 Å². The molecule has 1 aromatic heterocycles. The van der Waals surface area contributed by atoms with Crippen molar-refractivity contribution in [1.29, 1.82) is 0 Å². The quantitative estimate of drug-likeness (QED) is 0.750. The number of rotatable bonds is 8. The average Bonchev–Trinajstić information content (AvgIpc) is 2.81. The molecule has 0 saturated heterocycles. The molecule has 0 aliphatic carbocycles. The monoisotopic (exact) mass is 266 g/mol. The van der Waals surface area contributed by atoms with Gasteiger partial charge in [0.05, 0.1) is 11.7 Å². The third-order valence-electron chi connectivity index (χ3n) is 2.91. The van der Waals surface area contributed by atoms with E-state index in [-0.39, 0.29) is 11.9 Å². The number of hydrogen-bond donors (Lipinski definition) is 2. The number of nitrogens with zero attached hydrogens (tertiary/aromatic N) is 2. The third-order valence-corrected chi connectivity index (χ3v) is 2.91. The van der Waals surface area contributed by atoms with E-state index in [1.807, 2.05) is 17.7 Å². The van der Waals surface area contributed by atoms with Gasteiger partial charge < -0.3 is 10.6 Å². The van der Waals surface area contributed by atoms with Gasteiger partial charge in [0.2, 0.25) is 5.91 Å². The van der Waals surface area contributed by atoms with Crippen molar-refractivity contribution in [1.82, 2.24) is 20.4 Å². The maximum atomic E-state index is 11.8. The molecule has 0 spiro atoms. The first-order valence-corrected chi connectivity index (χ1v) is 7.06. The summed E-state index contributed by atoms with van der Waals surface area (Å²) in [4.78, 5) is 11.8. The molecule has 1 rings (SSSR count). The van der Waals surface area contributed by atoms with Crippen LogP contribution in [0.2, 0.25) is 0 Å². The zero-order valence-corrected chi connectivity index (χ0v) is 12.4. The Morgan fingerprint density at radius 1 is 1.42 bits per heavy atom. The molecule has 0 radical (unpaired) electrons. The van der Waals surface area contributed by atoms with Crippen LogP contribution in [0.3, 0.4) is 0 Å². The number of aromatic nitrogens is 2. The van der Waals surface area contributed by atoms with E-state index in [4.69, 9.17) is 0 Å². The minimum atomic E-state index is -0.191. The molecule has 1 aromatic rings. The maximum absolute atomic E-state index is 11.8. The van der Waals surface area contributed by atoms with Gasteiger partial charge in [-0.25, -0.2) is 0 Å². The molecule has 0 aliphatic heterocycles. The minimum Gasteiger partial charge on any atom is -0.354 e. The molecule has 1 atom stereocenters. The Morgan fingerprint density at radius 3 is 2.79 bits per heavy atom. The van der Waals surface area contributed by atoms with Crippen LogP contribution in [0.25, 0.3) is 0 Å². The van der Waals surface area contributed by atoms with Gasteiger partial charge in [0.15, 0.2) is 0 Å². The first kappa shape index (κ1) is 15.7. The summed E-state index contributed by atoms with van der Waals surface area (Å²) in [5, 5.41) is 10.4. The maximum Gasteiger partial charge on any atom is 0.236 e. The van der Waals surface area contributed by atoms with E-state index in [1.165, 1.54) is 0 Å². The van der Waals surface area contributed by atoms with E-state index in [0.717, 1.165) is 25.2 Å². The first-order valence-electron chi connectivity index (χ1n) is 7.06. The van der Waals surface area contributed by atoms with Crippen molar-refractivity contribution in [3.05, 3.63) is 18.0 Å². The van der Waals surface area contributed by atoms with Crippen LogP contribution in [0.4, 0.5) is 0 Å². The van der Waals surface area contributed by atoms with Crippen molar-refractivity contribution in [2.45, 2.75) is 53.2 Å². The SMILES string of the molecule is CCCn1nccc1CNC(C)C(=O)NCC(C)C. The van der Waals surface area contributed by atoms with Gasteiger partial charge in [-0.05, 0) is 25.3 Å². The zero-order chi connectivity index (χ0) is 14.3. The molecule has 19 heavy (non-hydrogen) atoms. The molecule has 0 saturated carbocycles. The molecular formula is C14H26N4O. The van der Waals surface area contributed by atoms with E-state index < -0.39 is 0 Å². The summed E-state index contributed by atoms with van der Waals surface area (Å²) in [6.07, 6.45) is 2.86. The fourth-order valence-corrected chi connectivity index (χ4v) is 1.73. The predicted molar refractivity (Wildman–Crippen MR) is 76.7 cm³/mol. The van der Waals surface area contributed by atoms with Crippen molar-refractivity contribution in [3.63, 3.8) is 0 Å². The lowest BCUT2D eigenvalue weighted by atomic mass is 10.2. The van der Waals surface area contributed by atoms with Crippen molar-refractivity contribution in [3.8, 4) is 0 Å². The summed E-state index contributed by atoms with van der Waals surface area (Å²) in [5.41, 5.74) is 1.12. The van der Waals surface area contributed by atoms with Crippen LogP contribution in [0.15, 0.2) is 12.3 Å². The molecule has 0 bridgehead atoms. The highest BCUT2D eigenvalue weighted by atomic mass is 16.2. The fraction of sp³-hybridized carbons (Fsp3) is 0.714. The molecule has 108 valence electrons. The van der Waals surface area contributed by atoms with Crippen molar-refractivity contribution >= 4 is 5.91 Å². The van der Waals surface area contributed by atoms with E-state index in [0.29, 0.717) is 12.5 Å². The molecule has 1 heterocycles. The summed E-state index contributed by atoms with van der Waals surface area (Å²) in [6, 6.07) is 1.80. The van der Waals surface area contributed by atoms with Gasteiger partial charge in [-0.2, -0.15) is 5.10 Å². The highest BCUT2D eigenvalue weighted by Crippen LogP contribution is 2.00. The van der Waals surface area contributed by atoms with Crippen LogP contribution in [-0.2, 0) is 17.9 Å². The van der Waals surface area contributed by atoms with Gasteiger partial charge in [-0.3, -0.25) is 9.48 Å². The number of amides is 1. The second-order valence-electron chi connectivity index (χ2n) is 5.29. The lowest BCUT2D eigenvalue weighted by Crippen LogP contribution is -2.43. The molecule has 0 aliphatic rings. The summed E-state index contributed by atoms with van der Waals surface area (Å²) in [5.74, 6) is 0.525. The van der Waals surface area contributed by atoms with Crippen LogP contribution >= 0.6 is 0 Å². The van der Waals surface area contributed by atoms with E-state index >= 15 is 0 Å². The first-order chi connectivity index (χ1) is 9.04. The Labute approximate surface area is 115 Å². The Kier molecular flexibility index (Phi) is 6.56. The summed E-state index contributed by atoms with van der Waals surface area (Å²) >= 11 is 0. The van der Waals surface area contributed by atoms with Crippen LogP contribution in [-0.4, -0.2) is 28.3 Å². The fourth-order valence-electron chi connectivity index (χ4n) is 1.73. The topological polar surface area (TPSA) is 59.0 Å². The zero-order valence-electron chi connectivity index (χ0n) is 12.4. The van der Waals surface area contributed by atoms with Gasteiger partial charge in [0.1, 0.15) is 0 Å². The summed E-state index contributed by atoms with van der Waals surface area (Å²) in [7, 11) is 0. The Balaban J connectivity index is 2.38. The smallest absolute Gasteiger partial charge is 0.236 e. The van der Waals surface area contributed by atoms with Gasteiger partial charge >= 0.3 is 0 Å². The highest BCUT2D eigenvalue weighted by Gasteiger charge is 2.12. The molecule has 2 N–H and O–H groups in total. The van der Waals surface area contributed by atoms with Crippen LogP contribution in [0, 0.1) is 5.92 Å². The largest absolute Gasteiger partial charge is 0.354 e. The third kappa shape index (κ3) is 5.42. The number of aryl methyl sites for hydroxylation is 1. The minimum absolute atomic E-state index is 0.0512. The van der Waals surface area contributed by atoms with Gasteiger partial charge in [0, 0.05) is 25.8 Å². The second kappa shape index (κ2) is 7.94. The van der Waals surface area contributed by atoms with E-state index in [9.17, 15) is 4.79 Å². The lowest BCUT2D eigenvalue weighted by molar-refractivity contribution is -0.122. The van der Waals surface area contributed by atoms with Gasteiger partial charge in [-0.1, -0.05) is 20.8 Å². The van der Waals surface area contributed by atoms with Gasteiger partial charge in [0.25, 0.3) is 0 Å². The lowest BCUT2D eigenvalue weighted by Gasteiger charge is -2.15. The Hall–Kier alpha value is -1.36. The van der Waals surface area contributed by atoms with Gasteiger partial charge in [-0.15, -0.1) is 0 Å². The van der Waals surface area contributed by atoms with Crippen LogP contribution < -0.4 is 10.6 Å². The highest BCUT2D eigenvalue weighted by molar-refractivity contribution is 5.81. The van der Waals surface area contributed by atoms with Crippen LogP contribution in [0.1, 0.15) is 39.8 Å². The van der Waals surface area contributed by atoms with E-state index in [2.05, 4.69) is 36.5 Å². The Morgan fingerprint density at radius 2 is 2.16 bits per heavy atom. The average molecular weight is 266 g/mol. The number of hydrogen-bond acceptors (Lipinski definition) is 3.